The lowest BCUT2D eigenvalue weighted by Crippen LogP contribution is -2.40. The Morgan fingerprint density at radius 2 is 1.66 bits per heavy atom. The molecule has 8 nitrogen and oxygen atoms in total. The summed E-state index contributed by atoms with van der Waals surface area (Å²) < 4.78 is 46.5. The average Bonchev–Trinajstić information content (AvgIpc) is 3.17. The van der Waals surface area contributed by atoms with Crippen LogP contribution in [0.5, 0.6) is 11.5 Å². The van der Waals surface area contributed by atoms with Crippen molar-refractivity contribution < 1.29 is 22.6 Å². The fourth-order valence-electron chi connectivity index (χ4n) is 5.22. The fraction of sp³-hybridized carbons (Fsp3) is 0.464. The van der Waals surface area contributed by atoms with Crippen LogP contribution in [-0.2, 0) is 14.8 Å². The molecule has 1 saturated carbocycles. The molecule has 5 rings (SSSR count). The highest BCUT2D eigenvalue weighted by atomic mass is 32.2. The zero-order valence-electron chi connectivity index (χ0n) is 22.0. The summed E-state index contributed by atoms with van der Waals surface area (Å²) in [6.45, 7) is 1.60. The van der Waals surface area contributed by atoms with E-state index in [2.05, 4.69) is 9.95 Å². The topological polar surface area (TPSA) is 82.4 Å². The molecule has 0 atom stereocenters. The van der Waals surface area contributed by atoms with E-state index in [-0.39, 0.29) is 4.90 Å². The number of thiazole rings is 1. The van der Waals surface area contributed by atoms with Gasteiger partial charge in [0, 0.05) is 30.1 Å². The van der Waals surface area contributed by atoms with Gasteiger partial charge in [0.15, 0.2) is 4.80 Å². The highest BCUT2D eigenvalue weighted by molar-refractivity contribution is 7.89. The molecule has 0 radical (unpaired) electrons. The summed E-state index contributed by atoms with van der Waals surface area (Å²) >= 11 is 1.59. The first-order valence-electron chi connectivity index (χ1n) is 13.2. The number of morpholine rings is 1. The maximum atomic E-state index is 13.0. The Morgan fingerprint density at radius 3 is 2.32 bits per heavy atom. The molecule has 0 N–H and O–H groups in total. The van der Waals surface area contributed by atoms with Crippen LogP contribution in [0.3, 0.4) is 0 Å². The quantitative estimate of drug-likeness (QED) is 0.364. The Bertz CT molecular complexity index is 1400. The lowest BCUT2D eigenvalue weighted by atomic mass is 10.1. The Labute approximate surface area is 228 Å². The molecule has 0 spiro atoms. The van der Waals surface area contributed by atoms with Gasteiger partial charge in [-0.15, -0.1) is 11.3 Å². The van der Waals surface area contributed by atoms with Crippen molar-refractivity contribution in [3.8, 4) is 22.8 Å². The molecule has 10 heteroatoms. The van der Waals surface area contributed by atoms with Gasteiger partial charge in [0.1, 0.15) is 11.5 Å². The van der Waals surface area contributed by atoms with Crippen molar-refractivity contribution in [2.75, 3.05) is 40.5 Å². The van der Waals surface area contributed by atoms with Crippen LogP contribution in [-0.4, -0.2) is 57.8 Å². The molecule has 2 heterocycles. The van der Waals surface area contributed by atoms with Crippen molar-refractivity contribution in [2.24, 2.45) is 4.99 Å². The van der Waals surface area contributed by atoms with E-state index in [0.717, 1.165) is 46.1 Å². The van der Waals surface area contributed by atoms with Crippen molar-refractivity contribution in [3.05, 3.63) is 52.6 Å². The van der Waals surface area contributed by atoms with Gasteiger partial charge in [-0.05, 0) is 55.3 Å². The molecule has 1 aliphatic heterocycles. The van der Waals surface area contributed by atoms with E-state index in [9.17, 15) is 8.42 Å². The second kappa shape index (κ2) is 12.0. The summed E-state index contributed by atoms with van der Waals surface area (Å²) in [7, 11) is -0.189. The van der Waals surface area contributed by atoms with Crippen LogP contribution in [0.15, 0.2) is 57.7 Å². The normalized spacial score (nSPS) is 18.3. The molecule has 38 heavy (non-hydrogen) atoms. The molecule has 0 unspecified atom stereocenters. The number of hydrogen-bond donors (Lipinski definition) is 0. The summed E-state index contributed by atoms with van der Waals surface area (Å²) in [6.07, 6.45) is 7.08. The van der Waals surface area contributed by atoms with Gasteiger partial charge in [-0.2, -0.15) is 4.31 Å². The van der Waals surface area contributed by atoms with E-state index in [4.69, 9.17) is 19.2 Å². The highest BCUT2D eigenvalue weighted by Gasteiger charge is 2.26. The summed E-state index contributed by atoms with van der Waals surface area (Å²) in [5.74, 6) is 1.56. The minimum Gasteiger partial charge on any atom is -0.497 e. The molecule has 2 fully saturated rings. The van der Waals surface area contributed by atoms with Gasteiger partial charge < -0.3 is 18.8 Å². The molecule has 2 aromatic carbocycles. The SMILES string of the molecule is COc1ccc(OC)c(-c2csc(=Nc3ccc(S(=O)(=O)N4CCOCC4)cc3)n2C2CCCCCC2)c1. The number of methoxy groups -OCH3 is 2. The van der Waals surface area contributed by atoms with Crippen LogP contribution in [0, 0.1) is 0 Å². The minimum absolute atomic E-state index is 0.281. The molecule has 3 aromatic rings. The molecule has 2 aliphatic rings. The minimum atomic E-state index is -3.54. The van der Waals surface area contributed by atoms with Crippen molar-refractivity contribution >= 4 is 27.0 Å². The van der Waals surface area contributed by atoms with E-state index >= 15 is 0 Å². The molecule has 1 aliphatic carbocycles. The Balaban J connectivity index is 1.55. The molecule has 1 aromatic heterocycles. The number of nitrogens with zero attached hydrogens (tertiary/aromatic N) is 3. The van der Waals surface area contributed by atoms with Gasteiger partial charge in [0.25, 0.3) is 0 Å². The smallest absolute Gasteiger partial charge is 0.243 e. The van der Waals surface area contributed by atoms with Crippen LogP contribution >= 0.6 is 11.3 Å². The predicted molar refractivity (Wildman–Crippen MR) is 149 cm³/mol. The van der Waals surface area contributed by atoms with Gasteiger partial charge in [-0.3, -0.25) is 0 Å². The van der Waals surface area contributed by atoms with Crippen molar-refractivity contribution in [1.29, 1.82) is 0 Å². The average molecular weight is 558 g/mol. The second-order valence-corrected chi connectivity index (χ2v) is 12.4. The van der Waals surface area contributed by atoms with E-state index in [1.807, 2.05) is 18.2 Å². The first-order valence-corrected chi connectivity index (χ1v) is 15.5. The summed E-state index contributed by atoms with van der Waals surface area (Å²) in [5.41, 5.74) is 2.75. The standard InChI is InChI=1S/C28H35N3O5S2/c1-34-23-11-14-27(35-2)25(19-23)26-20-37-28(31(26)22-7-5-3-4-6-8-22)29-21-9-12-24(13-10-21)38(32,33)30-15-17-36-18-16-30/h9-14,19-20,22H,3-8,15-18H2,1-2H3. The molecular formula is C28H35N3O5S2. The van der Waals surface area contributed by atoms with Gasteiger partial charge in [-0.1, -0.05) is 25.7 Å². The number of aromatic nitrogens is 1. The largest absolute Gasteiger partial charge is 0.497 e. The van der Waals surface area contributed by atoms with Crippen LogP contribution in [0.4, 0.5) is 5.69 Å². The third-order valence-electron chi connectivity index (χ3n) is 7.28. The molecule has 0 amide bonds. The maximum Gasteiger partial charge on any atom is 0.243 e. The van der Waals surface area contributed by atoms with Crippen LogP contribution in [0.2, 0.25) is 0 Å². The van der Waals surface area contributed by atoms with E-state index in [0.29, 0.717) is 32.3 Å². The Morgan fingerprint density at radius 1 is 0.947 bits per heavy atom. The zero-order valence-corrected chi connectivity index (χ0v) is 23.6. The van der Waals surface area contributed by atoms with E-state index in [1.54, 1.807) is 49.8 Å². The molecule has 0 bridgehead atoms. The summed E-state index contributed by atoms with van der Waals surface area (Å²) in [6, 6.07) is 13.1. The number of sulfonamides is 1. The molecular weight excluding hydrogens is 522 g/mol. The number of rotatable bonds is 7. The third kappa shape index (κ3) is 5.68. The van der Waals surface area contributed by atoms with Crippen molar-refractivity contribution in [3.63, 3.8) is 0 Å². The number of hydrogen-bond acceptors (Lipinski definition) is 7. The molecule has 204 valence electrons. The molecule has 1 saturated heterocycles. The maximum absolute atomic E-state index is 13.0. The first-order chi connectivity index (χ1) is 18.5. The second-order valence-electron chi connectivity index (χ2n) is 9.61. The third-order valence-corrected chi connectivity index (χ3v) is 10.0. The number of ether oxygens (including phenoxy) is 3. The van der Waals surface area contributed by atoms with Gasteiger partial charge >= 0.3 is 0 Å². The monoisotopic (exact) mass is 557 g/mol. The van der Waals surface area contributed by atoms with E-state index in [1.165, 1.54) is 30.0 Å². The lowest BCUT2D eigenvalue weighted by Gasteiger charge is -2.26. The summed E-state index contributed by atoms with van der Waals surface area (Å²) in [5, 5.41) is 2.14. The van der Waals surface area contributed by atoms with Crippen LogP contribution < -0.4 is 14.3 Å². The van der Waals surface area contributed by atoms with Crippen LogP contribution in [0.1, 0.15) is 44.6 Å². The first kappa shape index (κ1) is 26.9. The van der Waals surface area contributed by atoms with Gasteiger partial charge in [0.2, 0.25) is 10.0 Å². The van der Waals surface area contributed by atoms with Crippen LogP contribution in [0.25, 0.3) is 11.3 Å². The van der Waals surface area contributed by atoms with Crippen molar-refractivity contribution in [1.82, 2.24) is 8.87 Å². The Hall–Kier alpha value is -2.66. The highest BCUT2D eigenvalue weighted by Crippen LogP contribution is 2.37. The zero-order chi connectivity index (χ0) is 26.5. The summed E-state index contributed by atoms with van der Waals surface area (Å²) in [4.78, 5) is 6.18. The van der Waals surface area contributed by atoms with E-state index < -0.39 is 10.0 Å². The van der Waals surface area contributed by atoms with Crippen molar-refractivity contribution in [2.45, 2.75) is 49.5 Å². The lowest BCUT2D eigenvalue weighted by molar-refractivity contribution is 0.0730. The predicted octanol–water partition coefficient (Wildman–Crippen LogP) is 5.38. The Kier molecular flexibility index (Phi) is 8.52. The van der Waals surface area contributed by atoms with Gasteiger partial charge in [-0.25, -0.2) is 13.4 Å². The van der Waals surface area contributed by atoms with Gasteiger partial charge in [0.05, 0.1) is 43.7 Å². The fourth-order valence-corrected chi connectivity index (χ4v) is 7.61. The number of benzene rings is 2.